The van der Waals surface area contributed by atoms with Gasteiger partial charge in [0.15, 0.2) is 0 Å². The standard InChI is InChI=1S/C17H18Cl2N2O3S/c1-21(25(23,24)14-6-3-2-4-7-14)11-5-8-17(22)20-16-12-13(18)9-10-15(16)19/h2-4,6-7,9-10,12H,5,8,11H2,1H3,(H,20,22). The van der Waals surface area contributed by atoms with Gasteiger partial charge in [-0.3, -0.25) is 4.79 Å². The molecule has 0 spiro atoms. The van der Waals surface area contributed by atoms with Crippen LogP contribution in [0.15, 0.2) is 53.4 Å². The normalized spacial score (nSPS) is 11.5. The summed E-state index contributed by atoms with van der Waals surface area (Å²) in [6, 6.07) is 13.0. The van der Waals surface area contributed by atoms with Gasteiger partial charge in [-0.2, -0.15) is 0 Å². The molecule has 0 aliphatic rings. The third kappa shape index (κ3) is 5.44. The molecule has 8 heteroatoms. The third-order valence-electron chi connectivity index (χ3n) is 3.53. The Balaban J connectivity index is 1.87. The Morgan fingerprint density at radius 1 is 1.12 bits per heavy atom. The lowest BCUT2D eigenvalue weighted by molar-refractivity contribution is -0.116. The molecule has 1 amide bonds. The van der Waals surface area contributed by atoms with Gasteiger partial charge in [0.1, 0.15) is 0 Å². The molecule has 0 aromatic heterocycles. The number of carbonyl (C=O) groups excluding carboxylic acids is 1. The van der Waals surface area contributed by atoms with Crippen LogP contribution in [0.2, 0.25) is 10.0 Å². The van der Waals surface area contributed by atoms with Crippen molar-refractivity contribution in [3.63, 3.8) is 0 Å². The van der Waals surface area contributed by atoms with Crippen LogP contribution < -0.4 is 5.32 Å². The molecule has 2 aromatic rings. The van der Waals surface area contributed by atoms with E-state index >= 15 is 0 Å². The molecule has 0 aliphatic carbocycles. The minimum Gasteiger partial charge on any atom is -0.325 e. The average Bonchev–Trinajstić information content (AvgIpc) is 2.58. The molecule has 0 saturated heterocycles. The second-order valence-electron chi connectivity index (χ2n) is 5.42. The van der Waals surface area contributed by atoms with E-state index in [2.05, 4.69) is 5.32 Å². The van der Waals surface area contributed by atoms with Gasteiger partial charge in [-0.25, -0.2) is 12.7 Å². The molecule has 0 bridgehead atoms. The maximum absolute atomic E-state index is 12.4. The van der Waals surface area contributed by atoms with Crippen LogP contribution >= 0.6 is 23.2 Å². The van der Waals surface area contributed by atoms with Crippen LogP contribution in [-0.2, 0) is 14.8 Å². The fourth-order valence-electron chi connectivity index (χ4n) is 2.16. The molecule has 5 nitrogen and oxygen atoms in total. The van der Waals surface area contributed by atoms with Crippen molar-refractivity contribution in [3.05, 3.63) is 58.6 Å². The van der Waals surface area contributed by atoms with E-state index in [0.29, 0.717) is 22.2 Å². The van der Waals surface area contributed by atoms with Gasteiger partial charge in [0, 0.05) is 25.0 Å². The molecule has 0 fully saturated rings. The SMILES string of the molecule is CN(CCCC(=O)Nc1cc(Cl)ccc1Cl)S(=O)(=O)c1ccccc1. The van der Waals surface area contributed by atoms with Crippen LogP contribution in [0.3, 0.4) is 0 Å². The van der Waals surface area contributed by atoms with Crippen molar-refractivity contribution in [2.75, 3.05) is 18.9 Å². The Bertz CT molecular complexity index is 842. The molecule has 2 aromatic carbocycles. The van der Waals surface area contributed by atoms with E-state index in [-0.39, 0.29) is 23.8 Å². The van der Waals surface area contributed by atoms with Gasteiger partial charge in [-0.15, -0.1) is 0 Å². The van der Waals surface area contributed by atoms with E-state index in [0.717, 1.165) is 0 Å². The van der Waals surface area contributed by atoms with Gasteiger partial charge in [0.25, 0.3) is 0 Å². The van der Waals surface area contributed by atoms with Gasteiger partial charge >= 0.3 is 0 Å². The lowest BCUT2D eigenvalue weighted by atomic mass is 10.2. The number of hydrogen-bond donors (Lipinski definition) is 1. The largest absolute Gasteiger partial charge is 0.325 e. The molecule has 0 atom stereocenters. The number of carbonyl (C=O) groups is 1. The highest BCUT2D eigenvalue weighted by molar-refractivity contribution is 7.89. The van der Waals surface area contributed by atoms with Crippen LogP contribution in [0.5, 0.6) is 0 Å². The fourth-order valence-corrected chi connectivity index (χ4v) is 3.73. The maximum Gasteiger partial charge on any atom is 0.242 e. The summed E-state index contributed by atoms with van der Waals surface area (Å²) in [5.74, 6) is -0.255. The van der Waals surface area contributed by atoms with Gasteiger partial charge in [0.2, 0.25) is 15.9 Å². The van der Waals surface area contributed by atoms with Crippen molar-refractivity contribution in [2.24, 2.45) is 0 Å². The van der Waals surface area contributed by atoms with Crippen molar-refractivity contribution in [1.29, 1.82) is 0 Å². The molecule has 0 aliphatic heterocycles. The predicted octanol–water partition coefficient (Wildman–Crippen LogP) is 4.03. The number of sulfonamides is 1. The van der Waals surface area contributed by atoms with E-state index < -0.39 is 10.0 Å². The predicted molar refractivity (Wildman–Crippen MR) is 101 cm³/mol. The van der Waals surface area contributed by atoms with Crippen molar-refractivity contribution < 1.29 is 13.2 Å². The Morgan fingerprint density at radius 3 is 2.48 bits per heavy atom. The Kier molecular flexibility index (Phi) is 6.84. The van der Waals surface area contributed by atoms with E-state index in [1.807, 2.05) is 0 Å². The van der Waals surface area contributed by atoms with Crippen LogP contribution in [-0.4, -0.2) is 32.2 Å². The third-order valence-corrected chi connectivity index (χ3v) is 5.97. The molecule has 2 rings (SSSR count). The molecule has 25 heavy (non-hydrogen) atoms. The molecule has 0 heterocycles. The van der Waals surface area contributed by atoms with Crippen molar-refractivity contribution in [1.82, 2.24) is 4.31 Å². The quantitative estimate of drug-likeness (QED) is 0.762. The van der Waals surface area contributed by atoms with E-state index in [4.69, 9.17) is 23.2 Å². The summed E-state index contributed by atoms with van der Waals surface area (Å²) in [6.45, 7) is 0.230. The topological polar surface area (TPSA) is 66.5 Å². The highest BCUT2D eigenvalue weighted by atomic mass is 35.5. The number of hydrogen-bond acceptors (Lipinski definition) is 3. The second-order valence-corrected chi connectivity index (χ2v) is 8.30. The molecule has 0 unspecified atom stereocenters. The average molecular weight is 401 g/mol. The zero-order valence-electron chi connectivity index (χ0n) is 13.6. The monoisotopic (exact) mass is 400 g/mol. The molecular formula is C17H18Cl2N2O3S. The first-order chi connectivity index (χ1) is 11.8. The van der Waals surface area contributed by atoms with E-state index in [1.165, 1.54) is 11.4 Å². The van der Waals surface area contributed by atoms with Gasteiger partial charge in [0.05, 0.1) is 15.6 Å². The minimum absolute atomic E-state index is 0.164. The highest BCUT2D eigenvalue weighted by Gasteiger charge is 2.20. The second kappa shape index (κ2) is 8.67. The minimum atomic E-state index is -3.55. The van der Waals surface area contributed by atoms with Crippen molar-refractivity contribution >= 4 is 44.8 Å². The maximum atomic E-state index is 12.4. The zero-order valence-corrected chi connectivity index (χ0v) is 15.9. The molecule has 134 valence electrons. The number of nitrogens with zero attached hydrogens (tertiary/aromatic N) is 1. The van der Waals surface area contributed by atoms with Crippen LogP contribution in [0.25, 0.3) is 0 Å². The van der Waals surface area contributed by atoms with Gasteiger partial charge < -0.3 is 5.32 Å². The van der Waals surface area contributed by atoms with Crippen LogP contribution in [0.1, 0.15) is 12.8 Å². The fraction of sp³-hybridized carbons (Fsp3) is 0.235. The summed E-state index contributed by atoms with van der Waals surface area (Å²) < 4.78 is 26.0. The van der Waals surface area contributed by atoms with Crippen LogP contribution in [0.4, 0.5) is 5.69 Å². The summed E-state index contributed by atoms with van der Waals surface area (Å²) >= 11 is 11.9. The first-order valence-electron chi connectivity index (χ1n) is 7.57. The number of benzene rings is 2. The smallest absolute Gasteiger partial charge is 0.242 e. The number of anilines is 1. The number of amides is 1. The van der Waals surface area contributed by atoms with Gasteiger partial charge in [-0.1, -0.05) is 41.4 Å². The molecule has 1 N–H and O–H groups in total. The Labute approximate surface area is 157 Å². The number of rotatable bonds is 7. The zero-order chi connectivity index (χ0) is 18.4. The van der Waals surface area contributed by atoms with E-state index in [9.17, 15) is 13.2 Å². The summed E-state index contributed by atoms with van der Waals surface area (Å²) in [6.07, 6.45) is 0.546. The summed E-state index contributed by atoms with van der Waals surface area (Å²) in [7, 11) is -2.05. The van der Waals surface area contributed by atoms with Crippen molar-refractivity contribution in [2.45, 2.75) is 17.7 Å². The van der Waals surface area contributed by atoms with Crippen molar-refractivity contribution in [3.8, 4) is 0 Å². The first-order valence-corrected chi connectivity index (χ1v) is 9.76. The lowest BCUT2D eigenvalue weighted by Crippen LogP contribution is -2.28. The molecule has 0 saturated carbocycles. The Hall–Kier alpha value is -1.60. The van der Waals surface area contributed by atoms with E-state index in [1.54, 1.807) is 48.5 Å². The highest BCUT2D eigenvalue weighted by Crippen LogP contribution is 2.25. The lowest BCUT2D eigenvalue weighted by Gasteiger charge is -2.17. The van der Waals surface area contributed by atoms with Gasteiger partial charge in [-0.05, 0) is 36.8 Å². The first kappa shape index (κ1) is 19.7. The summed E-state index contributed by atoms with van der Waals surface area (Å²) in [5.41, 5.74) is 0.435. The Morgan fingerprint density at radius 2 is 1.80 bits per heavy atom. The number of nitrogens with one attached hydrogen (secondary N) is 1. The molecule has 0 radical (unpaired) electrons. The molecular weight excluding hydrogens is 383 g/mol. The summed E-state index contributed by atoms with van der Waals surface area (Å²) in [4.78, 5) is 12.2. The van der Waals surface area contributed by atoms with Crippen LogP contribution in [0, 0.1) is 0 Å². The number of halogens is 2. The summed E-state index contributed by atoms with van der Waals surface area (Å²) in [5, 5.41) is 3.53.